The van der Waals surface area contributed by atoms with E-state index in [-0.39, 0.29) is 22.7 Å². The number of hydrogen-bond donors (Lipinski definition) is 1. The van der Waals surface area contributed by atoms with Gasteiger partial charge >= 0.3 is 0 Å². The van der Waals surface area contributed by atoms with Crippen molar-refractivity contribution >= 4 is 5.69 Å². The highest BCUT2D eigenvalue weighted by Gasteiger charge is 2.13. The van der Waals surface area contributed by atoms with E-state index in [0.717, 1.165) is 11.3 Å². The molecule has 2 aromatic carbocycles. The highest BCUT2D eigenvalue weighted by Crippen LogP contribution is 2.23. The van der Waals surface area contributed by atoms with Crippen molar-refractivity contribution in [3.63, 3.8) is 0 Å². The number of imidazole rings is 1. The molecular formula is C19H20N4O2. The lowest BCUT2D eigenvalue weighted by molar-refractivity contribution is -0.384. The zero-order valence-corrected chi connectivity index (χ0v) is 14.2. The first-order valence-electron chi connectivity index (χ1n) is 8.13. The Bertz CT molecular complexity index is 844. The summed E-state index contributed by atoms with van der Waals surface area (Å²) in [5.74, 6) is 0. The lowest BCUT2D eigenvalue weighted by Gasteiger charge is -2.21. The summed E-state index contributed by atoms with van der Waals surface area (Å²) in [7, 11) is 0. The highest BCUT2D eigenvalue weighted by atomic mass is 16.6. The van der Waals surface area contributed by atoms with E-state index in [1.165, 1.54) is 17.7 Å². The van der Waals surface area contributed by atoms with Gasteiger partial charge in [0.25, 0.3) is 5.69 Å². The predicted octanol–water partition coefficient (Wildman–Crippen LogP) is 4.19. The van der Waals surface area contributed by atoms with Crippen LogP contribution >= 0.6 is 0 Å². The minimum Gasteiger partial charge on any atom is -0.306 e. The summed E-state index contributed by atoms with van der Waals surface area (Å²) in [6.45, 7) is 4.16. The van der Waals surface area contributed by atoms with Gasteiger partial charge in [-0.3, -0.25) is 10.1 Å². The largest absolute Gasteiger partial charge is 0.306 e. The van der Waals surface area contributed by atoms with E-state index >= 15 is 0 Å². The third-order valence-electron chi connectivity index (χ3n) is 4.28. The quantitative estimate of drug-likeness (QED) is 0.541. The second kappa shape index (κ2) is 7.27. The van der Waals surface area contributed by atoms with Crippen LogP contribution in [0.4, 0.5) is 5.69 Å². The van der Waals surface area contributed by atoms with Gasteiger partial charge < -0.3 is 9.88 Å². The zero-order chi connectivity index (χ0) is 17.8. The molecule has 1 N–H and O–H groups in total. The highest BCUT2D eigenvalue weighted by molar-refractivity contribution is 5.37. The van der Waals surface area contributed by atoms with Gasteiger partial charge in [0.2, 0.25) is 0 Å². The number of rotatable bonds is 6. The van der Waals surface area contributed by atoms with Crippen molar-refractivity contribution < 1.29 is 4.92 Å². The standard InChI is InChI=1S/C19H20N4O2/c1-14(16-6-8-18(9-7-16)23(24)25)21-15(2)17-4-3-5-19(12-17)22-11-10-20-13-22/h3-15,21H,1-2H3/t14-,15-/m0/s1. The third kappa shape index (κ3) is 3.92. The Labute approximate surface area is 146 Å². The number of benzene rings is 2. The van der Waals surface area contributed by atoms with Gasteiger partial charge in [-0.05, 0) is 37.1 Å². The summed E-state index contributed by atoms with van der Waals surface area (Å²) in [6, 6.07) is 15.2. The van der Waals surface area contributed by atoms with Crippen molar-refractivity contribution in [1.29, 1.82) is 0 Å². The van der Waals surface area contributed by atoms with Gasteiger partial charge in [0.1, 0.15) is 0 Å². The average Bonchev–Trinajstić information content (AvgIpc) is 3.16. The van der Waals surface area contributed by atoms with E-state index in [1.54, 1.807) is 24.7 Å². The molecule has 0 bridgehead atoms. The fourth-order valence-electron chi connectivity index (χ4n) is 2.82. The Balaban J connectivity index is 1.72. The van der Waals surface area contributed by atoms with Crippen LogP contribution in [0.25, 0.3) is 5.69 Å². The van der Waals surface area contributed by atoms with Crippen molar-refractivity contribution in [2.45, 2.75) is 25.9 Å². The molecule has 0 saturated carbocycles. The molecule has 6 nitrogen and oxygen atoms in total. The van der Waals surface area contributed by atoms with Gasteiger partial charge in [0.05, 0.1) is 11.3 Å². The van der Waals surface area contributed by atoms with Crippen LogP contribution in [0.1, 0.15) is 37.1 Å². The summed E-state index contributed by atoms with van der Waals surface area (Å²) in [5.41, 5.74) is 3.35. The van der Waals surface area contributed by atoms with Gasteiger partial charge in [0.15, 0.2) is 0 Å². The van der Waals surface area contributed by atoms with Crippen LogP contribution in [-0.4, -0.2) is 14.5 Å². The molecule has 0 aliphatic carbocycles. The first-order valence-corrected chi connectivity index (χ1v) is 8.13. The maximum Gasteiger partial charge on any atom is 0.269 e. The van der Waals surface area contributed by atoms with Crippen molar-refractivity contribution in [3.05, 3.63) is 88.5 Å². The van der Waals surface area contributed by atoms with E-state index in [1.807, 2.05) is 22.9 Å². The smallest absolute Gasteiger partial charge is 0.269 e. The number of nitro groups is 1. The molecule has 3 aromatic rings. The molecule has 1 aromatic heterocycles. The van der Waals surface area contributed by atoms with E-state index < -0.39 is 0 Å². The summed E-state index contributed by atoms with van der Waals surface area (Å²) in [4.78, 5) is 14.5. The fourth-order valence-corrected chi connectivity index (χ4v) is 2.82. The lowest BCUT2D eigenvalue weighted by Crippen LogP contribution is -2.22. The SMILES string of the molecule is C[C@H](N[C@@H](C)c1cccc(-n2ccnc2)c1)c1ccc([N+](=O)[O-])cc1. The minimum atomic E-state index is -0.383. The molecule has 0 unspecified atom stereocenters. The number of aromatic nitrogens is 2. The topological polar surface area (TPSA) is 73.0 Å². The van der Waals surface area contributed by atoms with Crippen molar-refractivity contribution in [1.82, 2.24) is 14.9 Å². The molecule has 0 saturated heterocycles. The van der Waals surface area contributed by atoms with Gasteiger partial charge in [-0.1, -0.05) is 24.3 Å². The number of non-ortho nitro benzene ring substituents is 1. The van der Waals surface area contributed by atoms with E-state index in [4.69, 9.17) is 0 Å². The van der Waals surface area contributed by atoms with Gasteiger partial charge in [-0.15, -0.1) is 0 Å². The Morgan fingerprint density at radius 3 is 2.44 bits per heavy atom. The molecule has 128 valence electrons. The number of nitrogens with one attached hydrogen (secondary N) is 1. The molecule has 2 atom stereocenters. The average molecular weight is 336 g/mol. The summed E-state index contributed by atoms with van der Waals surface area (Å²) in [5, 5.41) is 14.3. The van der Waals surface area contributed by atoms with Crippen molar-refractivity contribution in [2.24, 2.45) is 0 Å². The maximum absolute atomic E-state index is 10.8. The lowest BCUT2D eigenvalue weighted by atomic mass is 10.0. The first kappa shape index (κ1) is 16.9. The summed E-state index contributed by atoms with van der Waals surface area (Å²) in [6.07, 6.45) is 5.44. The molecule has 0 fully saturated rings. The second-order valence-corrected chi connectivity index (χ2v) is 6.02. The zero-order valence-electron chi connectivity index (χ0n) is 14.2. The Kier molecular flexibility index (Phi) is 4.90. The predicted molar refractivity (Wildman–Crippen MR) is 96.6 cm³/mol. The van der Waals surface area contributed by atoms with E-state index in [0.29, 0.717) is 0 Å². The molecular weight excluding hydrogens is 316 g/mol. The van der Waals surface area contributed by atoms with Crippen LogP contribution in [-0.2, 0) is 0 Å². The third-order valence-corrected chi connectivity index (χ3v) is 4.28. The van der Waals surface area contributed by atoms with Crippen LogP contribution in [0, 0.1) is 10.1 Å². The summed E-state index contributed by atoms with van der Waals surface area (Å²) >= 11 is 0. The van der Waals surface area contributed by atoms with Crippen LogP contribution in [0.2, 0.25) is 0 Å². The summed E-state index contributed by atoms with van der Waals surface area (Å²) < 4.78 is 1.97. The first-order chi connectivity index (χ1) is 12.0. The van der Waals surface area contributed by atoms with Crippen molar-refractivity contribution in [3.8, 4) is 5.69 Å². The fraction of sp³-hybridized carbons (Fsp3) is 0.211. The Morgan fingerprint density at radius 2 is 1.80 bits per heavy atom. The van der Waals surface area contributed by atoms with Gasteiger partial charge in [0, 0.05) is 42.3 Å². The number of hydrogen-bond acceptors (Lipinski definition) is 4. The molecule has 1 heterocycles. The van der Waals surface area contributed by atoms with Crippen LogP contribution < -0.4 is 5.32 Å². The minimum absolute atomic E-state index is 0.0766. The van der Waals surface area contributed by atoms with E-state index in [9.17, 15) is 10.1 Å². The number of nitrogens with zero attached hydrogens (tertiary/aromatic N) is 3. The molecule has 0 spiro atoms. The Morgan fingerprint density at radius 1 is 1.08 bits per heavy atom. The second-order valence-electron chi connectivity index (χ2n) is 6.02. The molecule has 6 heteroatoms. The van der Waals surface area contributed by atoms with Crippen LogP contribution in [0.15, 0.2) is 67.3 Å². The van der Waals surface area contributed by atoms with Crippen molar-refractivity contribution in [2.75, 3.05) is 0 Å². The Hall–Kier alpha value is -2.99. The molecule has 0 aliphatic heterocycles. The normalized spacial score (nSPS) is 13.4. The van der Waals surface area contributed by atoms with E-state index in [2.05, 4.69) is 36.3 Å². The molecule has 0 aliphatic rings. The maximum atomic E-state index is 10.8. The molecule has 3 rings (SSSR count). The van der Waals surface area contributed by atoms with Gasteiger partial charge in [-0.25, -0.2) is 4.98 Å². The van der Waals surface area contributed by atoms with Gasteiger partial charge in [-0.2, -0.15) is 0 Å². The molecule has 0 radical (unpaired) electrons. The molecule has 25 heavy (non-hydrogen) atoms. The number of nitro benzene ring substituents is 1. The monoisotopic (exact) mass is 336 g/mol. The van der Waals surface area contributed by atoms with Crippen LogP contribution in [0.5, 0.6) is 0 Å². The van der Waals surface area contributed by atoms with Crippen LogP contribution in [0.3, 0.4) is 0 Å². The molecule has 0 amide bonds.